The molecule has 0 radical (unpaired) electrons. The molecule has 0 aliphatic heterocycles. The van der Waals surface area contributed by atoms with E-state index in [2.05, 4.69) is 25.8 Å². The zero-order valence-corrected chi connectivity index (χ0v) is 16.3. The Hall–Kier alpha value is -2.68. The summed E-state index contributed by atoms with van der Waals surface area (Å²) >= 11 is 1.48. The molecule has 146 valence electrons. The first kappa shape index (κ1) is 18.7. The molecular formula is C19H22N6O2S. The molecule has 1 aliphatic carbocycles. The molecule has 2 aromatic heterocycles. The summed E-state index contributed by atoms with van der Waals surface area (Å²) in [5.74, 6) is 0.490. The van der Waals surface area contributed by atoms with Crippen molar-refractivity contribution in [2.45, 2.75) is 57.4 Å². The average molecular weight is 398 g/mol. The summed E-state index contributed by atoms with van der Waals surface area (Å²) in [6, 6.07) is 7.19. The quantitative estimate of drug-likeness (QED) is 0.585. The van der Waals surface area contributed by atoms with Gasteiger partial charge in [0.25, 0.3) is 5.56 Å². The van der Waals surface area contributed by atoms with Gasteiger partial charge in [-0.15, -0.1) is 15.3 Å². The molecule has 8 nitrogen and oxygen atoms in total. The van der Waals surface area contributed by atoms with Crippen LogP contribution in [0.25, 0.3) is 10.9 Å². The number of aromatic nitrogens is 5. The van der Waals surface area contributed by atoms with E-state index in [4.69, 9.17) is 0 Å². The second-order valence-corrected chi connectivity index (χ2v) is 8.08. The van der Waals surface area contributed by atoms with E-state index in [1.807, 2.05) is 12.1 Å². The third-order valence-electron chi connectivity index (χ3n) is 5.04. The van der Waals surface area contributed by atoms with Crippen molar-refractivity contribution in [2.75, 3.05) is 5.32 Å². The predicted octanol–water partition coefficient (Wildman–Crippen LogP) is 3.11. The summed E-state index contributed by atoms with van der Waals surface area (Å²) in [7, 11) is 0. The van der Waals surface area contributed by atoms with Gasteiger partial charge in [0.15, 0.2) is 0 Å². The Morgan fingerprint density at radius 1 is 1.14 bits per heavy atom. The zero-order valence-electron chi connectivity index (χ0n) is 15.5. The molecule has 0 bridgehead atoms. The highest BCUT2D eigenvalue weighted by molar-refractivity contribution is 7.15. The van der Waals surface area contributed by atoms with E-state index in [0.717, 1.165) is 24.3 Å². The van der Waals surface area contributed by atoms with Crippen molar-refractivity contribution in [1.29, 1.82) is 0 Å². The van der Waals surface area contributed by atoms with Crippen molar-refractivity contribution >= 4 is 33.3 Å². The number of carbonyl (C=O) groups is 1. The van der Waals surface area contributed by atoms with Crippen molar-refractivity contribution < 1.29 is 4.79 Å². The largest absolute Gasteiger partial charge is 0.301 e. The maximum absolute atomic E-state index is 12.4. The molecule has 0 atom stereocenters. The number of rotatable bonds is 8. The smallest absolute Gasteiger partial charge is 0.277 e. The molecule has 1 amide bonds. The summed E-state index contributed by atoms with van der Waals surface area (Å²) in [5.41, 5.74) is 0.486. The highest BCUT2D eigenvalue weighted by Crippen LogP contribution is 2.38. The monoisotopic (exact) mass is 398 g/mol. The van der Waals surface area contributed by atoms with Crippen LogP contribution < -0.4 is 10.9 Å². The van der Waals surface area contributed by atoms with Crippen molar-refractivity contribution in [3.8, 4) is 0 Å². The number of amides is 1. The van der Waals surface area contributed by atoms with Gasteiger partial charge in [-0.2, -0.15) is 0 Å². The molecule has 1 aliphatic rings. The minimum Gasteiger partial charge on any atom is -0.301 e. The Balaban J connectivity index is 1.19. The van der Waals surface area contributed by atoms with Gasteiger partial charge in [0.1, 0.15) is 10.5 Å². The Kier molecular flexibility index (Phi) is 5.70. The molecule has 0 unspecified atom stereocenters. The van der Waals surface area contributed by atoms with Crippen LogP contribution in [0.2, 0.25) is 0 Å². The molecule has 3 aromatic rings. The lowest BCUT2D eigenvalue weighted by atomic mass is 9.86. The lowest BCUT2D eigenvalue weighted by Gasteiger charge is -2.21. The number of aryl methyl sites for hydroxylation is 1. The maximum atomic E-state index is 12.4. The summed E-state index contributed by atoms with van der Waals surface area (Å²) in [6.45, 7) is 0.499. The highest BCUT2D eigenvalue weighted by atomic mass is 32.1. The Morgan fingerprint density at radius 3 is 2.82 bits per heavy atom. The highest BCUT2D eigenvalue weighted by Gasteiger charge is 2.23. The van der Waals surface area contributed by atoms with Crippen LogP contribution in [-0.2, 0) is 11.3 Å². The third-order valence-corrected chi connectivity index (χ3v) is 6.05. The van der Waals surface area contributed by atoms with Crippen molar-refractivity contribution in [3.63, 3.8) is 0 Å². The fourth-order valence-electron chi connectivity index (χ4n) is 3.18. The van der Waals surface area contributed by atoms with Gasteiger partial charge in [0.2, 0.25) is 11.0 Å². The minimum atomic E-state index is -0.123. The molecule has 1 fully saturated rings. The summed E-state index contributed by atoms with van der Waals surface area (Å²) in [6.07, 6.45) is 6.37. The predicted molar refractivity (Wildman–Crippen MR) is 107 cm³/mol. The van der Waals surface area contributed by atoms with Gasteiger partial charge in [0.05, 0.1) is 5.39 Å². The van der Waals surface area contributed by atoms with Crippen LogP contribution in [0.1, 0.15) is 55.9 Å². The molecule has 1 N–H and O–H groups in total. The number of hydrogen-bond acceptors (Lipinski definition) is 7. The number of carbonyl (C=O) groups excluding carboxylic acids is 1. The molecule has 28 heavy (non-hydrogen) atoms. The fourth-order valence-corrected chi connectivity index (χ4v) is 4.11. The number of hydrogen-bond donors (Lipinski definition) is 1. The minimum absolute atomic E-state index is 0.0426. The Labute approximate surface area is 166 Å². The molecule has 9 heteroatoms. The molecule has 2 heterocycles. The second kappa shape index (κ2) is 8.55. The number of nitrogens with one attached hydrogen (secondary N) is 1. The number of unbranched alkanes of at least 4 members (excludes halogenated alkanes) is 2. The van der Waals surface area contributed by atoms with Crippen LogP contribution in [0.4, 0.5) is 5.13 Å². The van der Waals surface area contributed by atoms with E-state index in [9.17, 15) is 9.59 Å². The first-order valence-corrected chi connectivity index (χ1v) is 10.5. The van der Waals surface area contributed by atoms with Gasteiger partial charge in [-0.25, -0.2) is 4.68 Å². The molecule has 0 saturated heterocycles. The number of benzene rings is 1. The van der Waals surface area contributed by atoms with Crippen molar-refractivity contribution in [3.05, 3.63) is 39.6 Å². The molecule has 1 saturated carbocycles. The number of anilines is 1. The molecule has 0 spiro atoms. The Morgan fingerprint density at radius 2 is 2.00 bits per heavy atom. The lowest BCUT2D eigenvalue weighted by Crippen LogP contribution is -2.24. The third kappa shape index (κ3) is 4.24. The van der Waals surface area contributed by atoms with E-state index in [0.29, 0.717) is 34.9 Å². The van der Waals surface area contributed by atoms with Gasteiger partial charge < -0.3 is 5.32 Å². The normalized spacial score (nSPS) is 14.1. The van der Waals surface area contributed by atoms with Crippen LogP contribution in [0.3, 0.4) is 0 Å². The fraction of sp³-hybridized carbons (Fsp3) is 0.474. The molecule has 1 aromatic carbocycles. The number of fused-ring (bicyclic) bond motifs is 1. The maximum Gasteiger partial charge on any atom is 0.277 e. The van der Waals surface area contributed by atoms with E-state index in [-0.39, 0.29) is 11.5 Å². The topological polar surface area (TPSA) is 103 Å². The summed E-state index contributed by atoms with van der Waals surface area (Å²) < 4.78 is 1.39. The average Bonchev–Trinajstić information content (AvgIpc) is 3.09. The molecular weight excluding hydrogens is 376 g/mol. The van der Waals surface area contributed by atoms with Crippen LogP contribution in [0.15, 0.2) is 29.1 Å². The second-order valence-electron chi connectivity index (χ2n) is 7.07. The van der Waals surface area contributed by atoms with E-state index in [1.54, 1.807) is 12.1 Å². The summed E-state index contributed by atoms with van der Waals surface area (Å²) in [5, 5.41) is 21.3. The van der Waals surface area contributed by atoms with E-state index in [1.165, 1.54) is 35.3 Å². The molecule has 4 rings (SSSR count). The van der Waals surface area contributed by atoms with Crippen molar-refractivity contribution in [2.24, 2.45) is 0 Å². The van der Waals surface area contributed by atoms with Gasteiger partial charge in [0, 0.05) is 18.9 Å². The van der Waals surface area contributed by atoms with Gasteiger partial charge in [-0.05, 0) is 37.8 Å². The first-order chi connectivity index (χ1) is 13.7. The Bertz CT molecular complexity index is 1030. The van der Waals surface area contributed by atoms with E-state index >= 15 is 0 Å². The summed E-state index contributed by atoms with van der Waals surface area (Å²) in [4.78, 5) is 24.4. The standard InChI is InChI=1S/C19H22N6O2S/c26-16(20-19-23-22-17(28-19)13-7-6-8-13)11-2-1-5-12-25-18(27)14-9-3-4-10-15(14)21-24-25/h3-4,9-10,13H,1-2,5-8,11-12H2,(H,20,23,26). The lowest BCUT2D eigenvalue weighted by molar-refractivity contribution is -0.116. The van der Waals surface area contributed by atoms with E-state index < -0.39 is 0 Å². The van der Waals surface area contributed by atoms with Gasteiger partial charge in [-0.3, -0.25) is 9.59 Å². The van der Waals surface area contributed by atoms with Gasteiger partial charge >= 0.3 is 0 Å². The van der Waals surface area contributed by atoms with Crippen LogP contribution in [-0.4, -0.2) is 31.1 Å². The first-order valence-electron chi connectivity index (χ1n) is 9.66. The van der Waals surface area contributed by atoms with Crippen molar-refractivity contribution in [1.82, 2.24) is 25.2 Å². The van der Waals surface area contributed by atoms with Gasteiger partial charge in [-0.1, -0.05) is 41.5 Å². The zero-order chi connectivity index (χ0) is 19.3. The number of nitrogens with zero attached hydrogens (tertiary/aromatic N) is 5. The van der Waals surface area contributed by atoms with Crippen LogP contribution >= 0.6 is 11.3 Å². The van der Waals surface area contributed by atoms with Crippen LogP contribution in [0.5, 0.6) is 0 Å². The SMILES string of the molecule is O=C(CCCCCn1nnc2ccccc2c1=O)Nc1nnc(C2CCC2)s1. The van der Waals surface area contributed by atoms with Crippen LogP contribution in [0, 0.1) is 0 Å².